The van der Waals surface area contributed by atoms with Crippen molar-refractivity contribution in [2.75, 3.05) is 6.61 Å². The number of aliphatic hydroxyl groups excluding tert-OH is 1. The maximum atomic E-state index is 11.8. The number of aromatic nitrogens is 1. The van der Waals surface area contributed by atoms with Gasteiger partial charge in [0.25, 0.3) is 5.56 Å². The van der Waals surface area contributed by atoms with Gasteiger partial charge in [-0.1, -0.05) is 0 Å². The zero-order chi connectivity index (χ0) is 13.4. The Bertz CT molecular complexity index is 610. The van der Waals surface area contributed by atoms with E-state index >= 15 is 0 Å². The van der Waals surface area contributed by atoms with Crippen LogP contribution in [0, 0.1) is 18.3 Å². The maximum Gasteiger partial charge on any atom is 0.341 e. The zero-order valence-electron chi connectivity index (χ0n) is 9.33. The Morgan fingerprint density at radius 2 is 2.28 bits per heavy atom. The number of aromatic hydroxyl groups is 1. The smallest absolute Gasteiger partial charge is 0.341 e. The quantitative estimate of drug-likeness (QED) is 0.619. The number of hydrogen-bond donors (Lipinski definition) is 3. The second-order valence-electron chi connectivity index (χ2n) is 4.09. The van der Waals surface area contributed by atoms with Crippen LogP contribution < -0.4 is 5.56 Å². The van der Waals surface area contributed by atoms with E-state index in [1.54, 1.807) is 0 Å². The number of fused-ring (bicyclic) bond motifs is 1. The molecule has 0 amide bonds. The molecule has 1 aromatic rings. The Labute approximate surface area is 102 Å². The van der Waals surface area contributed by atoms with Crippen molar-refractivity contribution < 1.29 is 20.1 Å². The minimum absolute atomic E-state index is 0.146. The normalized spacial score (nSPS) is 21.3. The molecule has 0 aromatic carbocycles. The molecule has 0 saturated carbocycles. The van der Waals surface area contributed by atoms with E-state index in [9.17, 15) is 19.8 Å². The van der Waals surface area contributed by atoms with Gasteiger partial charge in [0.2, 0.25) is 0 Å². The Balaban J connectivity index is 2.75. The molecule has 2 atom stereocenters. The van der Waals surface area contributed by atoms with Crippen molar-refractivity contribution in [3.8, 4) is 18.1 Å². The van der Waals surface area contributed by atoms with Crippen molar-refractivity contribution in [2.45, 2.75) is 12.5 Å². The number of pyridine rings is 1. The minimum Gasteiger partial charge on any atom is -0.507 e. The number of aromatic carboxylic acids is 1. The van der Waals surface area contributed by atoms with Gasteiger partial charge in [-0.05, 0) is 0 Å². The molecule has 1 aliphatic rings. The van der Waals surface area contributed by atoms with Crippen LogP contribution in [0.1, 0.15) is 22.1 Å². The number of carbonyl (C=O) groups is 1. The van der Waals surface area contributed by atoms with Crippen LogP contribution in [0.25, 0.3) is 0 Å². The predicted octanol–water partition coefficient (Wildman–Crippen LogP) is -0.409. The number of hydrogen-bond acceptors (Lipinski definition) is 4. The minimum atomic E-state index is -1.33. The second-order valence-corrected chi connectivity index (χ2v) is 4.09. The first-order valence-electron chi connectivity index (χ1n) is 5.29. The van der Waals surface area contributed by atoms with Crippen molar-refractivity contribution in [2.24, 2.45) is 5.92 Å². The van der Waals surface area contributed by atoms with Crippen LogP contribution in [0.15, 0.2) is 10.9 Å². The van der Waals surface area contributed by atoms with E-state index in [4.69, 9.17) is 11.5 Å². The zero-order valence-corrected chi connectivity index (χ0v) is 9.33. The first kappa shape index (κ1) is 12.2. The van der Waals surface area contributed by atoms with Crippen molar-refractivity contribution in [3.63, 3.8) is 0 Å². The van der Waals surface area contributed by atoms with E-state index < -0.39 is 29.2 Å². The van der Waals surface area contributed by atoms with Crippen LogP contribution in [0.5, 0.6) is 5.75 Å². The molecule has 3 N–H and O–H groups in total. The average molecular weight is 249 g/mol. The van der Waals surface area contributed by atoms with Crippen molar-refractivity contribution in [3.05, 3.63) is 27.7 Å². The monoisotopic (exact) mass is 249 g/mol. The fraction of sp³-hybridized carbons (Fsp3) is 0.333. The summed E-state index contributed by atoms with van der Waals surface area (Å²) in [4.78, 5) is 22.9. The van der Waals surface area contributed by atoms with Crippen LogP contribution in [0.3, 0.4) is 0 Å². The summed E-state index contributed by atoms with van der Waals surface area (Å²) in [7, 11) is 0. The van der Waals surface area contributed by atoms with Crippen LogP contribution in [0.2, 0.25) is 0 Å². The molecule has 0 fully saturated rings. The van der Waals surface area contributed by atoms with Gasteiger partial charge in [0.1, 0.15) is 11.3 Å². The van der Waals surface area contributed by atoms with Crippen LogP contribution in [-0.4, -0.2) is 32.5 Å². The fourth-order valence-electron chi connectivity index (χ4n) is 2.36. The summed E-state index contributed by atoms with van der Waals surface area (Å²) < 4.78 is 1.16. The van der Waals surface area contributed by atoms with Gasteiger partial charge in [0, 0.05) is 24.1 Å². The van der Waals surface area contributed by atoms with Gasteiger partial charge in [-0.3, -0.25) is 4.79 Å². The summed E-state index contributed by atoms with van der Waals surface area (Å²) >= 11 is 0. The molecule has 0 spiro atoms. The molecule has 6 nitrogen and oxygen atoms in total. The largest absolute Gasteiger partial charge is 0.507 e. The lowest BCUT2D eigenvalue weighted by Crippen LogP contribution is -2.27. The summed E-state index contributed by atoms with van der Waals surface area (Å²) in [6.07, 6.45) is 5.45. The molecule has 18 heavy (non-hydrogen) atoms. The summed E-state index contributed by atoms with van der Waals surface area (Å²) in [5.41, 5.74) is -0.732. The van der Waals surface area contributed by atoms with E-state index in [0.717, 1.165) is 10.6 Å². The molecule has 0 unspecified atom stereocenters. The number of nitrogens with zero attached hydrogens (tertiary/aromatic N) is 1. The lowest BCUT2D eigenvalue weighted by molar-refractivity contribution is 0.0691. The molecule has 1 aliphatic heterocycles. The Morgan fingerprint density at radius 1 is 1.61 bits per heavy atom. The Morgan fingerprint density at radius 3 is 2.78 bits per heavy atom. The summed E-state index contributed by atoms with van der Waals surface area (Å²) in [6, 6.07) is 0.185. The first-order valence-corrected chi connectivity index (χ1v) is 5.29. The average Bonchev–Trinajstić information content (AvgIpc) is 2.66. The SMILES string of the molecule is C#C[C@H]1Cc2c(C(=O)O)c(O)cc(=O)n2[C@@H]1CO. The molecule has 6 heteroatoms. The van der Waals surface area contributed by atoms with E-state index in [1.165, 1.54) is 0 Å². The van der Waals surface area contributed by atoms with E-state index in [0.29, 0.717) is 0 Å². The standard InChI is InChI=1S/C12H11NO5/c1-2-6-3-7-11(12(17)18)9(15)4-10(16)13(7)8(6)5-14/h1,4,6,8,14-15H,3,5H2,(H,17,18)/t6-,8+/m0/s1. The van der Waals surface area contributed by atoms with Gasteiger partial charge in [0.05, 0.1) is 12.6 Å². The van der Waals surface area contributed by atoms with Gasteiger partial charge < -0.3 is 19.9 Å². The number of carboxylic acids is 1. The van der Waals surface area contributed by atoms with Gasteiger partial charge in [-0.25, -0.2) is 4.79 Å². The highest BCUT2D eigenvalue weighted by atomic mass is 16.4. The molecule has 0 saturated heterocycles. The molecule has 2 heterocycles. The number of carboxylic acid groups (broad SMARTS) is 1. The van der Waals surface area contributed by atoms with E-state index in [2.05, 4.69) is 5.92 Å². The van der Waals surface area contributed by atoms with E-state index in [-0.39, 0.29) is 24.3 Å². The van der Waals surface area contributed by atoms with Gasteiger partial charge in [-0.15, -0.1) is 12.3 Å². The van der Waals surface area contributed by atoms with Gasteiger partial charge >= 0.3 is 5.97 Å². The first-order chi connectivity index (χ1) is 8.51. The molecule has 0 bridgehead atoms. The molecular weight excluding hydrogens is 238 g/mol. The van der Waals surface area contributed by atoms with Crippen LogP contribution >= 0.6 is 0 Å². The third-order valence-electron chi connectivity index (χ3n) is 3.16. The highest BCUT2D eigenvalue weighted by molar-refractivity contribution is 5.92. The summed E-state index contributed by atoms with van der Waals surface area (Å²) in [6.45, 7) is -0.356. The highest BCUT2D eigenvalue weighted by Crippen LogP contribution is 2.33. The molecule has 1 aromatic heterocycles. The topological polar surface area (TPSA) is 99.8 Å². The lowest BCUT2D eigenvalue weighted by Gasteiger charge is -2.15. The number of aliphatic hydroxyl groups is 1. The van der Waals surface area contributed by atoms with Crippen LogP contribution in [0.4, 0.5) is 0 Å². The van der Waals surface area contributed by atoms with Crippen molar-refractivity contribution in [1.29, 1.82) is 0 Å². The van der Waals surface area contributed by atoms with Crippen molar-refractivity contribution in [1.82, 2.24) is 4.57 Å². The molecule has 0 aliphatic carbocycles. The highest BCUT2D eigenvalue weighted by Gasteiger charge is 2.35. The van der Waals surface area contributed by atoms with E-state index in [1.807, 2.05) is 0 Å². The molecule has 2 rings (SSSR count). The van der Waals surface area contributed by atoms with Crippen molar-refractivity contribution >= 4 is 5.97 Å². The molecular formula is C12H11NO5. The Hall–Kier alpha value is -2.26. The maximum absolute atomic E-state index is 11.8. The summed E-state index contributed by atoms with van der Waals surface area (Å²) in [5.74, 6) is 0.0705. The fourth-order valence-corrected chi connectivity index (χ4v) is 2.36. The predicted molar refractivity (Wildman–Crippen MR) is 61.5 cm³/mol. The second kappa shape index (κ2) is 4.20. The molecule has 0 radical (unpaired) electrons. The summed E-state index contributed by atoms with van der Waals surface area (Å²) in [5, 5.41) is 27.9. The third kappa shape index (κ3) is 1.57. The number of rotatable bonds is 2. The van der Waals surface area contributed by atoms with Gasteiger partial charge in [0.15, 0.2) is 0 Å². The van der Waals surface area contributed by atoms with Gasteiger partial charge in [-0.2, -0.15) is 0 Å². The lowest BCUT2D eigenvalue weighted by atomic mass is 10.00. The number of terminal acetylenes is 1. The molecule has 94 valence electrons. The Kier molecular flexibility index (Phi) is 2.85. The third-order valence-corrected chi connectivity index (χ3v) is 3.16. The van der Waals surface area contributed by atoms with Crippen LogP contribution in [-0.2, 0) is 6.42 Å².